The number of hydrogen-bond acceptors (Lipinski definition) is 5. The Kier molecular flexibility index (Phi) is 4.81. The number of fused-ring (bicyclic) bond motifs is 1. The number of amidine groups is 1. The van der Waals surface area contributed by atoms with Gasteiger partial charge in [0.05, 0.1) is 19.4 Å². The molecule has 0 fully saturated rings. The summed E-state index contributed by atoms with van der Waals surface area (Å²) >= 11 is 0. The normalized spacial score (nSPS) is 18.0. The van der Waals surface area contributed by atoms with E-state index in [2.05, 4.69) is 10.3 Å². The molecule has 0 saturated heterocycles. The third-order valence-corrected chi connectivity index (χ3v) is 4.54. The number of anilines is 1. The molecule has 3 aromatic carbocycles. The van der Waals surface area contributed by atoms with Crippen LogP contribution in [0.5, 0.6) is 5.75 Å². The maximum absolute atomic E-state index is 13.5. The van der Waals surface area contributed by atoms with Gasteiger partial charge in [0.25, 0.3) is 0 Å². The topological polar surface area (TPSA) is 68.9 Å². The third kappa shape index (κ3) is 3.60. The second kappa shape index (κ2) is 7.42. The van der Waals surface area contributed by atoms with Crippen molar-refractivity contribution in [2.45, 2.75) is 12.5 Å². The Morgan fingerprint density at radius 1 is 1.04 bits per heavy atom. The minimum absolute atomic E-state index is 0.116. The minimum Gasteiger partial charge on any atom is -0.497 e. The first-order chi connectivity index (χ1) is 13.6. The van der Waals surface area contributed by atoms with Crippen molar-refractivity contribution in [2.24, 2.45) is 10.7 Å². The van der Waals surface area contributed by atoms with Crippen molar-refractivity contribution in [1.82, 2.24) is 0 Å². The molecule has 0 saturated carbocycles. The lowest BCUT2D eigenvalue weighted by Gasteiger charge is -2.33. The van der Waals surface area contributed by atoms with Crippen molar-refractivity contribution < 1.29 is 13.9 Å². The molecule has 1 aliphatic rings. The van der Waals surface area contributed by atoms with Crippen LogP contribution in [0.4, 0.5) is 10.1 Å². The van der Waals surface area contributed by atoms with Gasteiger partial charge in [0.2, 0.25) is 5.85 Å². The summed E-state index contributed by atoms with van der Waals surface area (Å²) in [5, 5.41) is 3.30. The molecule has 0 aliphatic carbocycles. The molecule has 6 heteroatoms. The highest BCUT2D eigenvalue weighted by molar-refractivity contribution is 6.10. The van der Waals surface area contributed by atoms with Crippen molar-refractivity contribution in [3.05, 3.63) is 95.3 Å². The summed E-state index contributed by atoms with van der Waals surface area (Å²) in [6.45, 7) is 0.116. The summed E-state index contributed by atoms with van der Waals surface area (Å²) in [6, 6.07) is 21.3. The Hall–Kier alpha value is -3.22. The van der Waals surface area contributed by atoms with Gasteiger partial charge in [-0.3, -0.25) is 5.73 Å². The van der Waals surface area contributed by atoms with Crippen LogP contribution >= 0.6 is 0 Å². The second-order valence-electron chi connectivity index (χ2n) is 6.48. The van der Waals surface area contributed by atoms with Crippen molar-refractivity contribution in [2.75, 3.05) is 12.4 Å². The van der Waals surface area contributed by atoms with Crippen molar-refractivity contribution >= 4 is 11.5 Å². The number of methoxy groups -OCH3 is 1. The predicted molar refractivity (Wildman–Crippen MR) is 107 cm³/mol. The number of nitrogens with zero attached hydrogens (tertiary/aromatic N) is 1. The number of halogens is 1. The molecule has 142 valence electrons. The molecule has 3 aromatic rings. The monoisotopic (exact) mass is 377 g/mol. The van der Waals surface area contributed by atoms with Gasteiger partial charge < -0.3 is 14.8 Å². The van der Waals surface area contributed by atoms with E-state index in [0.29, 0.717) is 22.7 Å². The zero-order chi connectivity index (χ0) is 19.6. The molecular formula is C22H20FN3O2. The molecule has 0 amide bonds. The number of ether oxygens (including phenoxy) is 2. The molecule has 0 radical (unpaired) electrons. The number of nitrogens with one attached hydrogen (secondary N) is 1. The number of rotatable bonds is 5. The van der Waals surface area contributed by atoms with Crippen molar-refractivity contribution in [3.8, 4) is 5.75 Å². The number of benzene rings is 3. The first-order valence-electron chi connectivity index (χ1n) is 8.85. The van der Waals surface area contributed by atoms with Gasteiger partial charge in [-0.15, -0.1) is 0 Å². The highest BCUT2D eigenvalue weighted by atomic mass is 19.1. The largest absolute Gasteiger partial charge is 0.497 e. The zero-order valence-electron chi connectivity index (χ0n) is 15.4. The first-order valence-corrected chi connectivity index (χ1v) is 8.85. The smallest absolute Gasteiger partial charge is 0.245 e. The van der Waals surface area contributed by atoms with Crippen LogP contribution in [0.1, 0.15) is 16.7 Å². The van der Waals surface area contributed by atoms with E-state index in [-0.39, 0.29) is 12.4 Å². The van der Waals surface area contributed by atoms with E-state index >= 15 is 0 Å². The molecule has 0 bridgehead atoms. The van der Waals surface area contributed by atoms with E-state index in [0.717, 1.165) is 11.3 Å². The molecule has 1 aliphatic heterocycles. The highest BCUT2D eigenvalue weighted by Crippen LogP contribution is 2.36. The Morgan fingerprint density at radius 2 is 1.86 bits per heavy atom. The summed E-state index contributed by atoms with van der Waals surface area (Å²) in [4.78, 5) is 4.64. The highest BCUT2D eigenvalue weighted by Gasteiger charge is 2.35. The van der Waals surface area contributed by atoms with Gasteiger partial charge in [-0.25, -0.2) is 9.38 Å². The summed E-state index contributed by atoms with van der Waals surface area (Å²) in [6.07, 6.45) is 0. The van der Waals surface area contributed by atoms with E-state index in [1.165, 1.54) is 12.1 Å². The summed E-state index contributed by atoms with van der Waals surface area (Å²) in [5.41, 5.74) is 9.56. The van der Waals surface area contributed by atoms with Gasteiger partial charge in [-0.05, 0) is 29.8 Å². The Balaban J connectivity index is 1.72. The lowest BCUT2D eigenvalue weighted by molar-refractivity contribution is -0.0515. The maximum atomic E-state index is 13.5. The Bertz CT molecular complexity index is 1020. The summed E-state index contributed by atoms with van der Waals surface area (Å²) in [5.74, 6) is -0.475. The van der Waals surface area contributed by atoms with E-state index in [4.69, 9.17) is 15.2 Å². The van der Waals surface area contributed by atoms with Crippen LogP contribution in [0.3, 0.4) is 0 Å². The third-order valence-electron chi connectivity index (χ3n) is 4.54. The lowest BCUT2D eigenvalue weighted by Crippen LogP contribution is -2.43. The van der Waals surface area contributed by atoms with Crippen LogP contribution in [-0.4, -0.2) is 12.9 Å². The summed E-state index contributed by atoms with van der Waals surface area (Å²) < 4.78 is 24.8. The lowest BCUT2D eigenvalue weighted by atomic mass is 10.0. The van der Waals surface area contributed by atoms with Gasteiger partial charge in [0.15, 0.2) is 0 Å². The SMILES string of the molecule is COc1ccc2c(c1)NC(c1ccccc1)=NC2(N)OCc1cccc(F)c1. The fraction of sp³-hybridized carbons (Fsp3) is 0.136. The van der Waals surface area contributed by atoms with Gasteiger partial charge >= 0.3 is 0 Å². The minimum atomic E-state index is -1.43. The predicted octanol–water partition coefficient (Wildman–Crippen LogP) is 3.99. The molecule has 5 nitrogen and oxygen atoms in total. The number of aliphatic imine (C=N–C) groups is 1. The fourth-order valence-electron chi connectivity index (χ4n) is 3.11. The molecule has 1 atom stereocenters. The maximum Gasteiger partial charge on any atom is 0.245 e. The molecule has 3 N–H and O–H groups in total. The molecule has 1 heterocycles. The van der Waals surface area contributed by atoms with Gasteiger partial charge in [0, 0.05) is 17.2 Å². The average molecular weight is 377 g/mol. The average Bonchev–Trinajstić information content (AvgIpc) is 2.72. The van der Waals surface area contributed by atoms with Crippen LogP contribution in [0.15, 0.2) is 77.8 Å². The van der Waals surface area contributed by atoms with Crippen LogP contribution in [0.2, 0.25) is 0 Å². The standard InChI is InChI=1S/C22H20FN3O2/c1-27-18-10-11-19-20(13-18)25-21(16-7-3-2-4-8-16)26-22(19,24)28-14-15-6-5-9-17(23)12-15/h2-13H,14,24H2,1H3,(H,25,26). The number of hydrogen-bond donors (Lipinski definition) is 2. The van der Waals surface area contributed by atoms with Crippen molar-refractivity contribution in [3.63, 3.8) is 0 Å². The van der Waals surface area contributed by atoms with Gasteiger partial charge in [-0.2, -0.15) is 0 Å². The molecule has 0 spiro atoms. The molecular weight excluding hydrogens is 357 g/mol. The molecule has 1 unspecified atom stereocenters. The van der Waals surface area contributed by atoms with Crippen LogP contribution in [0, 0.1) is 5.82 Å². The zero-order valence-corrected chi connectivity index (χ0v) is 15.4. The fourth-order valence-corrected chi connectivity index (χ4v) is 3.11. The van der Waals surface area contributed by atoms with Gasteiger partial charge in [0.1, 0.15) is 17.4 Å². The quantitative estimate of drug-likeness (QED) is 0.660. The molecule has 0 aromatic heterocycles. The molecule has 28 heavy (non-hydrogen) atoms. The molecule has 4 rings (SSSR count). The summed E-state index contributed by atoms with van der Waals surface area (Å²) in [7, 11) is 1.60. The van der Waals surface area contributed by atoms with Crippen LogP contribution in [-0.2, 0) is 17.2 Å². The number of nitrogens with two attached hydrogens (primary N) is 1. The van der Waals surface area contributed by atoms with Crippen LogP contribution in [0.25, 0.3) is 0 Å². The van der Waals surface area contributed by atoms with E-state index in [1.54, 1.807) is 25.3 Å². The second-order valence-corrected chi connectivity index (χ2v) is 6.48. The van der Waals surface area contributed by atoms with E-state index < -0.39 is 5.85 Å². The van der Waals surface area contributed by atoms with E-state index in [1.807, 2.05) is 42.5 Å². The van der Waals surface area contributed by atoms with Gasteiger partial charge in [-0.1, -0.05) is 42.5 Å². The van der Waals surface area contributed by atoms with Crippen LogP contribution < -0.4 is 15.8 Å². The first kappa shape index (κ1) is 18.2. The van der Waals surface area contributed by atoms with Crippen molar-refractivity contribution in [1.29, 1.82) is 0 Å². The Morgan fingerprint density at radius 3 is 2.61 bits per heavy atom. The Labute approximate surface area is 162 Å². The van der Waals surface area contributed by atoms with E-state index in [9.17, 15) is 4.39 Å².